The molecule has 0 atom stereocenters. The van der Waals surface area contributed by atoms with Crippen molar-refractivity contribution in [3.05, 3.63) is 102 Å². The van der Waals surface area contributed by atoms with E-state index in [2.05, 4.69) is 5.32 Å². The number of sulfonamides is 1. The smallest absolute Gasteiger partial charge is 0.264 e. The van der Waals surface area contributed by atoms with E-state index in [4.69, 9.17) is 16.3 Å². The number of carbonyl (C=O) groups excluding carboxylic acids is 1. The number of ether oxygens (including phenoxy) is 1. The van der Waals surface area contributed by atoms with Crippen molar-refractivity contribution in [1.29, 1.82) is 0 Å². The van der Waals surface area contributed by atoms with E-state index in [0.29, 0.717) is 0 Å². The number of rotatable bonds is 9. The van der Waals surface area contributed by atoms with Crippen LogP contribution >= 0.6 is 11.6 Å². The minimum absolute atomic E-state index is 0.0713. The summed E-state index contributed by atoms with van der Waals surface area (Å²) in [6, 6.07) is 28.1. The van der Waals surface area contributed by atoms with Crippen LogP contribution in [0.25, 0.3) is 10.8 Å². The van der Waals surface area contributed by atoms with Crippen molar-refractivity contribution >= 4 is 44.0 Å². The van der Waals surface area contributed by atoms with Gasteiger partial charge in [0.05, 0.1) is 22.2 Å². The molecule has 0 saturated heterocycles. The maximum atomic E-state index is 13.3. The van der Waals surface area contributed by atoms with Gasteiger partial charge in [0.1, 0.15) is 18.9 Å². The Morgan fingerprint density at radius 3 is 2.32 bits per heavy atom. The highest BCUT2D eigenvalue weighted by atomic mass is 35.5. The fourth-order valence-corrected chi connectivity index (χ4v) is 5.28. The number of carbonyl (C=O) groups is 1. The summed E-state index contributed by atoms with van der Waals surface area (Å²) >= 11 is 6.28. The Bertz CT molecular complexity index is 1390. The second-order valence-electron chi connectivity index (χ2n) is 7.45. The van der Waals surface area contributed by atoms with E-state index in [0.717, 1.165) is 20.8 Å². The molecule has 174 valence electrons. The molecule has 34 heavy (non-hydrogen) atoms. The van der Waals surface area contributed by atoms with Gasteiger partial charge in [-0.3, -0.25) is 9.10 Å². The van der Waals surface area contributed by atoms with Crippen LogP contribution in [0.5, 0.6) is 5.75 Å². The van der Waals surface area contributed by atoms with E-state index in [1.54, 1.807) is 42.5 Å². The van der Waals surface area contributed by atoms with E-state index >= 15 is 0 Å². The van der Waals surface area contributed by atoms with Crippen LogP contribution in [0.4, 0.5) is 5.69 Å². The molecule has 0 spiro atoms. The number of halogens is 1. The fourth-order valence-electron chi connectivity index (χ4n) is 3.53. The van der Waals surface area contributed by atoms with Crippen LogP contribution in [-0.2, 0) is 14.8 Å². The summed E-state index contributed by atoms with van der Waals surface area (Å²) < 4.78 is 33.5. The van der Waals surface area contributed by atoms with Gasteiger partial charge in [-0.2, -0.15) is 0 Å². The van der Waals surface area contributed by atoms with Gasteiger partial charge >= 0.3 is 0 Å². The van der Waals surface area contributed by atoms with Crippen LogP contribution in [0.2, 0.25) is 5.02 Å². The first-order valence-electron chi connectivity index (χ1n) is 10.7. The molecule has 4 aromatic rings. The zero-order valence-corrected chi connectivity index (χ0v) is 19.8. The van der Waals surface area contributed by atoms with E-state index in [9.17, 15) is 13.2 Å². The van der Waals surface area contributed by atoms with Crippen LogP contribution < -0.4 is 14.4 Å². The molecule has 1 amide bonds. The molecule has 0 aliphatic heterocycles. The van der Waals surface area contributed by atoms with Crippen molar-refractivity contribution in [3.8, 4) is 5.75 Å². The Kier molecular flexibility index (Phi) is 7.35. The highest BCUT2D eigenvalue weighted by Crippen LogP contribution is 2.30. The molecular formula is C26H23ClN2O4S. The number of nitrogens with zero attached hydrogens (tertiary/aromatic N) is 1. The molecule has 1 N–H and O–H groups in total. The number of nitrogens with one attached hydrogen (secondary N) is 1. The lowest BCUT2D eigenvalue weighted by Crippen LogP contribution is -2.42. The average molecular weight is 495 g/mol. The summed E-state index contributed by atoms with van der Waals surface area (Å²) in [5.41, 5.74) is 0.232. The Morgan fingerprint density at radius 2 is 1.53 bits per heavy atom. The molecule has 6 nitrogen and oxygen atoms in total. The van der Waals surface area contributed by atoms with Crippen molar-refractivity contribution in [1.82, 2.24) is 5.32 Å². The third kappa shape index (κ3) is 5.32. The zero-order valence-electron chi connectivity index (χ0n) is 18.2. The highest BCUT2D eigenvalue weighted by molar-refractivity contribution is 7.92. The largest absolute Gasteiger partial charge is 0.491 e. The van der Waals surface area contributed by atoms with Gasteiger partial charge in [0.25, 0.3) is 10.0 Å². The van der Waals surface area contributed by atoms with Gasteiger partial charge in [-0.25, -0.2) is 8.42 Å². The molecule has 0 aliphatic carbocycles. The second kappa shape index (κ2) is 10.6. The van der Waals surface area contributed by atoms with E-state index in [-0.39, 0.29) is 28.8 Å². The first-order valence-corrected chi connectivity index (χ1v) is 12.5. The molecule has 8 heteroatoms. The Labute approximate surface area is 203 Å². The van der Waals surface area contributed by atoms with Crippen molar-refractivity contribution in [2.45, 2.75) is 4.90 Å². The molecule has 0 unspecified atom stereocenters. The summed E-state index contributed by atoms with van der Waals surface area (Å²) in [6.07, 6.45) is 0. The van der Waals surface area contributed by atoms with Crippen LogP contribution in [0.3, 0.4) is 0 Å². The number of hydrogen-bond donors (Lipinski definition) is 1. The number of hydrogen-bond acceptors (Lipinski definition) is 4. The lowest BCUT2D eigenvalue weighted by Gasteiger charge is -2.25. The van der Waals surface area contributed by atoms with Crippen molar-refractivity contribution in [3.63, 3.8) is 0 Å². The van der Waals surface area contributed by atoms with Gasteiger partial charge in [-0.1, -0.05) is 78.3 Å². The minimum Gasteiger partial charge on any atom is -0.491 e. The SMILES string of the molecule is O=C(CN(c1ccccc1Cl)S(=O)(=O)c1ccccc1)NCCOc1cccc2ccccc12. The maximum Gasteiger partial charge on any atom is 0.264 e. The van der Waals surface area contributed by atoms with E-state index in [1.807, 2.05) is 42.5 Å². The van der Waals surface area contributed by atoms with Crippen LogP contribution in [0, 0.1) is 0 Å². The van der Waals surface area contributed by atoms with Crippen LogP contribution in [-0.4, -0.2) is 34.0 Å². The van der Waals surface area contributed by atoms with Gasteiger partial charge in [-0.05, 0) is 35.7 Å². The molecule has 4 aromatic carbocycles. The molecule has 0 aromatic heterocycles. The van der Waals surface area contributed by atoms with Gasteiger partial charge in [0, 0.05) is 5.39 Å². The Hall–Kier alpha value is -3.55. The first-order chi connectivity index (χ1) is 16.5. The number of para-hydroxylation sites is 1. The normalized spacial score (nSPS) is 11.2. The summed E-state index contributed by atoms with van der Waals surface area (Å²) in [5.74, 6) is 0.248. The monoisotopic (exact) mass is 494 g/mol. The standard InChI is InChI=1S/C26H23ClN2O4S/c27-23-14-6-7-15-24(23)29(34(31,32)21-11-2-1-3-12-21)19-26(30)28-17-18-33-25-16-8-10-20-9-4-5-13-22(20)25/h1-16H,17-19H2,(H,28,30). The lowest BCUT2D eigenvalue weighted by atomic mass is 10.1. The highest BCUT2D eigenvalue weighted by Gasteiger charge is 2.28. The molecule has 0 bridgehead atoms. The molecule has 0 aliphatic rings. The van der Waals surface area contributed by atoms with Gasteiger partial charge in [-0.15, -0.1) is 0 Å². The third-order valence-corrected chi connectivity index (χ3v) is 7.26. The quantitative estimate of drug-likeness (QED) is 0.336. The Balaban J connectivity index is 1.44. The molecule has 0 heterocycles. The summed E-state index contributed by atoms with van der Waals surface area (Å²) in [4.78, 5) is 12.8. The Morgan fingerprint density at radius 1 is 0.853 bits per heavy atom. The summed E-state index contributed by atoms with van der Waals surface area (Å²) in [6.45, 7) is 0.0241. The van der Waals surface area contributed by atoms with Gasteiger partial charge in [0.15, 0.2) is 0 Å². The second-order valence-corrected chi connectivity index (χ2v) is 9.72. The fraction of sp³-hybridized carbons (Fsp3) is 0.115. The molecule has 0 saturated carbocycles. The lowest BCUT2D eigenvalue weighted by molar-refractivity contribution is -0.119. The van der Waals surface area contributed by atoms with Crippen molar-refractivity contribution in [2.24, 2.45) is 0 Å². The topological polar surface area (TPSA) is 75.7 Å². The van der Waals surface area contributed by atoms with Crippen molar-refractivity contribution in [2.75, 3.05) is 24.0 Å². The van der Waals surface area contributed by atoms with E-state index in [1.165, 1.54) is 12.1 Å². The van der Waals surface area contributed by atoms with Crippen molar-refractivity contribution < 1.29 is 17.9 Å². The zero-order chi connectivity index (χ0) is 24.0. The predicted octanol–water partition coefficient (Wildman–Crippen LogP) is 4.88. The molecule has 0 radical (unpaired) electrons. The number of fused-ring (bicyclic) bond motifs is 1. The van der Waals surface area contributed by atoms with Crippen LogP contribution in [0.1, 0.15) is 0 Å². The average Bonchev–Trinajstić information content (AvgIpc) is 2.86. The van der Waals surface area contributed by atoms with E-state index < -0.39 is 22.5 Å². The third-order valence-electron chi connectivity index (χ3n) is 5.17. The molecular weight excluding hydrogens is 472 g/mol. The molecule has 4 rings (SSSR count). The van der Waals surface area contributed by atoms with Gasteiger partial charge < -0.3 is 10.1 Å². The molecule has 0 fully saturated rings. The van der Waals surface area contributed by atoms with Crippen LogP contribution in [0.15, 0.2) is 102 Å². The first kappa shape index (κ1) is 23.6. The number of anilines is 1. The predicted molar refractivity (Wildman–Crippen MR) is 135 cm³/mol. The van der Waals surface area contributed by atoms with Gasteiger partial charge in [0.2, 0.25) is 5.91 Å². The summed E-state index contributed by atoms with van der Waals surface area (Å²) in [7, 11) is -4.01. The number of amides is 1. The summed E-state index contributed by atoms with van der Waals surface area (Å²) in [5, 5.41) is 5.00. The maximum absolute atomic E-state index is 13.3. The number of benzene rings is 4. The minimum atomic E-state index is -4.01.